The zero-order valence-corrected chi connectivity index (χ0v) is 14.5. The van der Waals surface area contributed by atoms with Crippen molar-refractivity contribution in [2.75, 3.05) is 6.54 Å². The van der Waals surface area contributed by atoms with Crippen LogP contribution in [0.4, 0.5) is 4.39 Å². The van der Waals surface area contributed by atoms with Crippen LogP contribution in [0.15, 0.2) is 54.6 Å². The quantitative estimate of drug-likeness (QED) is 0.806. The number of rotatable bonds is 7. The maximum Gasteiger partial charge on any atom is 0.275 e. The molecule has 0 aliphatic heterocycles. The summed E-state index contributed by atoms with van der Waals surface area (Å²) < 4.78 is 13.1. The topological polar surface area (TPSA) is 45.7 Å². The van der Waals surface area contributed by atoms with E-state index < -0.39 is 0 Å². The van der Waals surface area contributed by atoms with Gasteiger partial charge in [-0.3, -0.25) is 4.79 Å². The Labute approximate surface area is 143 Å². The number of hydrogen-bond acceptors (Lipinski definition) is 1. The summed E-state index contributed by atoms with van der Waals surface area (Å²) in [7, 11) is 0. The molecule has 3 N–H and O–H groups in total. The molecule has 2 atom stereocenters. The number of carbonyl (C=O) groups excluding carboxylic acids is 1. The van der Waals surface area contributed by atoms with Gasteiger partial charge in [0.2, 0.25) is 0 Å². The molecule has 24 heavy (non-hydrogen) atoms. The fraction of sp³-hybridized carbons (Fsp3) is 0.350. The van der Waals surface area contributed by atoms with E-state index in [4.69, 9.17) is 0 Å². The zero-order valence-electron chi connectivity index (χ0n) is 14.5. The van der Waals surface area contributed by atoms with Gasteiger partial charge >= 0.3 is 0 Å². The van der Waals surface area contributed by atoms with Crippen LogP contribution in [0.5, 0.6) is 0 Å². The number of hydrogen-bond donors (Lipinski definition) is 2. The number of quaternary nitrogens is 1. The van der Waals surface area contributed by atoms with Crippen molar-refractivity contribution in [3.63, 3.8) is 0 Å². The molecule has 4 heteroatoms. The van der Waals surface area contributed by atoms with E-state index in [2.05, 4.69) is 19.2 Å². The molecule has 0 fully saturated rings. The van der Waals surface area contributed by atoms with Crippen molar-refractivity contribution in [2.24, 2.45) is 5.92 Å². The van der Waals surface area contributed by atoms with Crippen molar-refractivity contribution < 1.29 is 14.5 Å². The lowest BCUT2D eigenvalue weighted by Gasteiger charge is -2.20. The molecule has 0 saturated heterocycles. The fourth-order valence-electron chi connectivity index (χ4n) is 2.84. The van der Waals surface area contributed by atoms with Crippen LogP contribution in [-0.4, -0.2) is 12.5 Å². The smallest absolute Gasteiger partial charge is 0.275 e. The molecule has 0 heterocycles. The summed E-state index contributed by atoms with van der Waals surface area (Å²) in [5.41, 5.74) is 2.13. The summed E-state index contributed by atoms with van der Waals surface area (Å²) in [5.74, 6) is 0.101. The highest BCUT2D eigenvalue weighted by molar-refractivity contribution is 5.77. The molecule has 128 valence electrons. The van der Waals surface area contributed by atoms with Crippen molar-refractivity contribution in [3.05, 3.63) is 71.5 Å². The summed E-state index contributed by atoms with van der Waals surface area (Å²) in [4.78, 5) is 12.2. The van der Waals surface area contributed by atoms with Crippen LogP contribution >= 0.6 is 0 Å². The molecular weight excluding hydrogens is 303 g/mol. The summed E-state index contributed by atoms with van der Waals surface area (Å²) in [6.07, 6.45) is 0. The molecule has 2 aromatic rings. The minimum atomic E-state index is -0.240. The number of halogens is 1. The van der Waals surface area contributed by atoms with E-state index in [-0.39, 0.29) is 23.8 Å². The maximum atomic E-state index is 13.1. The van der Waals surface area contributed by atoms with Crippen LogP contribution in [0, 0.1) is 11.7 Å². The highest BCUT2D eigenvalue weighted by Gasteiger charge is 2.21. The van der Waals surface area contributed by atoms with Gasteiger partial charge in [0.1, 0.15) is 11.9 Å². The third kappa shape index (κ3) is 5.17. The summed E-state index contributed by atoms with van der Waals surface area (Å²) in [6, 6.07) is 16.5. The SMILES string of the molecule is CC(C)[C@@H]([NH2+]CC(=O)N[C@@H](C)c1ccccc1)c1ccc(F)cc1. The lowest BCUT2D eigenvalue weighted by molar-refractivity contribution is -0.692. The summed E-state index contributed by atoms with van der Waals surface area (Å²) in [6.45, 7) is 6.54. The second-order valence-electron chi connectivity index (χ2n) is 6.46. The molecule has 0 radical (unpaired) electrons. The largest absolute Gasteiger partial charge is 0.345 e. The van der Waals surface area contributed by atoms with Crippen LogP contribution in [-0.2, 0) is 4.79 Å². The van der Waals surface area contributed by atoms with Crippen LogP contribution in [0.3, 0.4) is 0 Å². The Morgan fingerprint density at radius 3 is 2.21 bits per heavy atom. The first kappa shape index (κ1) is 18.1. The number of benzene rings is 2. The van der Waals surface area contributed by atoms with Gasteiger partial charge in [-0.05, 0) is 24.6 Å². The molecule has 0 aromatic heterocycles. The normalized spacial score (nSPS) is 13.5. The Balaban J connectivity index is 1.92. The number of amides is 1. The Hall–Kier alpha value is -2.20. The van der Waals surface area contributed by atoms with Gasteiger partial charge in [0.25, 0.3) is 5.91 Å². The second-order valence-corrected chi connectivity index (χ2v) is 6.46. The molecule has 3 nitrogen and oxygen atoms in total. The standard InChI is InChI=1S/C20H25FN2O/c1-14(2)20(17-9-11-18(21)12-10-17)22-13-19(24)23-15(3)16-7-5-4-6-8-16/h4-12,14-15,20,22H,13H2,1-3H3,(H,23,24)/p+1/t15-,20+/m0/s1. The molecule has 0 aliphatic rings. The van der Waals surface area contributed by atoms with Crippen LogP contribution in [0.2, 0.25) is 0 Å². The van der Waals surface area contributed by atoms with Gasteiger partial charge in [-0.25, -0.2) is 4.39 Å². The fourth-order valence-corrected chi connectivity index (χ4v) is 2.84. The molecular formula is C20H26FN2O+. The number of carbonyl (C=O) groups is 1. The van der Waals surface area contributed by atoms with Crippen molar-refractivity contribution >= 4 is 5.91 Å². The van der Waals surface area contributed by atoms with E-state index in [1.54, 1.807) is 12.1 Å². The zero-order chi connectivity index (χ0) is 17.5. The van der Waals surface area contributed by atoms with Gasteiger partial charge < -0.3 is 10.6 Å². The maximum absolute atomic E-state index is 13.1. The third-order valence-electron chi connectivity index (χ3n) is 4.21. The highest BCUT2D eigenvalue weighted by Crippen LogP contribution is 2.17. The molecule has 2 rings (SSSR count). The Morgan fingerprint density at radius 1 is 1.00 bits per heavy atom. The van der Waals surface area contributed by atoms with Crippen LogP contribution in [0.1, 0.15) is 44.0 Å². The van der Waals surface area contributed by atoms with E-state index >= 15 is 0 Å². The average Bonchev–Trinajstić information content (AvgIpc) is 2.57. The number of nitrogens with two attached hydrogens (primary N) is 1. The van der Waals surface area contributed by atoms with E-state index in [1.807, 2.05) is 42.6 Å². The van der Waals surface area contributed by atoms with Gasteiger partial charge in [0.05, 0.1) is 6.04 Å². The van der Waals surface area contributed by atoms with Crippen molar-refractivity contribution in [2.45, 2.75) is 32.9 Å². The number of nitrogens with one attached hydrogen (secondary N) is 1. The Bertz CT molecular complexity index is 640. The minimum absolute atomic E-state index is 0.000820. The van der Waals surface area contributed by atoms with E-state index in [1.165, 1.54) is 12.1 Å². The molecule has 1 amide bonds. The lowest BCUT2D eigenvalue weighted by Crippen LogP contribution is -2.88. The third-order valence-corrected chi connectivity index (χ3v) is 4.21. The van der Waals surface area contributed by atoms with Gasteiger partial charge in [0.15, 0.2) is 6.54 Å². The molecule has 0 bridgehead atoms. The average molecular weight is 329 g/mol. The Kier molecular flexibility index (Phi) is 6.50. The second kappa shape index (κ2) is 8.60. The minimum Gasteiger partial charge on any atom is -0.345 e. The predicted molar refractivity (Wildman–Crippen MR) is 93.8 cm³/mol. The highest BCUT2D eigenvalue weighted by atomic mass is 19.1. The van der Waals surface area contributed by atoms with Gasteiger partial charge in [0, 0.05) is 11.5 Å². The molecule has 0 aliphatic carbocycles. The lowest BCUT2D eigenvalue weighted by atomic mass is 9.96. The van der Waals surface area contributed by atoms with Crippen molar-refractivity contribution in [1.82, 2.24) is 5.32 Å². The summed E-state index contributed by atoms with van der Waals surface area (Å²) >= 11 is 0. The van der Waals surface area contributed by atoms with Crippen molar-refractivity contribution in [1.29, 1.82) is 0 Å². The van der Waals surface area contributed by atoms with Crippen LogP contribution in [0.25, 0.3) is 0 Å². The Morgan fingerprint density at radius 2 is 1.62 bits per heavy atom. The first-order valence-electron chi connectivity index (χ1n) is 8.40. The first-order chi connectivity index (χ1) is 11.5. The van der Waals surface area contributed by atoms with Gasteiger partial charge in [-0.2, -0.15) is 0 Å². The van der Waals surface area contributed by atoms with E-state index in [0.29, 0.717) is 12.5 Å². The van der Waals surface area contributed by atoms with E-state index in [0.717, 1.165) is 11.1 Å². The monoisotopic (exact) mass is 329 g/mol. The molecule has 0 saturated carbocycles. The molecule has 0 spiro atoms. The first-order valence-corrected chi connectivity index (χ1v) is 8.40. The summed E-state index contributed by atoms with van der Waals surface area (Å²) in [5, 5.41) is 5.04. The molecule has 0 unspecified atom stereocenters. The van der Waals surface area contributed by atoms with Crippen LogP contribution < -0.4 is 10.6 Å². The van der Waals surface area contributed by atoms with E-state index in [9.17, 15) is 9.18 Å². The molecule has 2 aromatic carbocycles. The predicted octanol–water partition coefficient (Wildman–Crippen LogP) is 2.96. The van der Waals surface area contributed by atoms with Crippen molar-refractivity contribution in [3.8, 4) is 0 Å². The van der Waals surface area contributed by atoms with Gasteiger partial charge in [-0.1, -0.05) is 56.3 Å². The van der Waals surface area contributed by atoms with Gasteiger partial charge in [-0.15, -0.1) is 0 Å².